The fourth-order valence-electron chi connectivity index (χ4n) is 6.33. The van der Waals surface area contributed by atoms with Crippen LogP contribution in [0.3, 0.4) is 0 Å². The molecule has 0 saturated heterocycles. The zero-order valence-corrected chi connectivity index (χ0v) is 16.6. The van der Waals surface area contributed by atoms with Crippen molar-refractivity contribution < 1.29 is 14.3 Å². The molecular formula is C21H35NO3. The van der Waals surface area contributed by atoms with E-state index in [2.05, 4.69) is 26.1 Å². The minimum atomic E-state index is -0.301. The topological polar surface area (TPSA) is 55.4 Å². The third-order valence-electron chi connectivity index (χ3n) is 6.29. The largest absolute Gasteiger partial charge is 0.455 e. The molecule has 4 rings (SSSR count). The van der Waals surface area contributed by atoms with Gasteiger partial charge >= 0.3 is 5.97 Å². The molecule has 0 unspecified atom stereocenters. The first-order chi connectivity index (χ1) is 11.5. The number of ether oxygens (including phenoxy) is 1. The number of esters is 1. The Balaban J connectivity index is 1.48. The number of nitrogens with one attached hydrogen (secondary N) is 1. The molecule has 1 N–H and O–H groups in total. The van der Waals surface area contributed by atoms with E-state index in [-0.39, 0.29) is 35.4 Å². The minimum absolute atomic E-state index is 0.0446. The third-order valence-corrected chi connectivity index (χ3v) is 6.29. The number of hydrogen-bond acceptors (Lipinski definition) is 3. The highest BCUT2D eigenvalue weighted by Gasteiger charge is 2.51. The summed E-state index contributed by atoms with van der Waals surface area (Å²) in [5, 5.41) is 3.02. The van der Waals surface area contributed by atoms with E-state index in [0.717, 1.165) is 18.3 Å². The molecule has 4 nitrogen and oxygen atoms in total. The maximum absolute atomic E-state index is 12.6. The molecule has 0 aromatic rings. The van der Waals surface area contributed by atoms with Crippen LogP contribution in [0.15, 0.2) is 0 Å². The fraction of sp³-hybridized carbons (Fsp3) is 0.905. The van der Waals surface area contributed by atoms with Crippen LogP contribution in [0.25, 0.3) is 0 Å². The van der Waals surface area contributed by atoms with E-state index in [1.54, 1.807) is 0 Å². The van der Waals surface area contributed by atoms with Gasteiger partial charge in [-0.1, -0.05) is 20.8 Å². The zero-order valence-electron chi connectivity index (χ0n) is 16.6. The van der Waals surface area contributed by atoms with Crippen LogP contribution in [0.4, 0.5) is 0 Å². The van der Waals surface area contributed by atoms with Gasteiger partial charge in [0.25, 0.3) is 5.91 Å². The lowest BCUT2D eigenvalue weighted by molar-refractivity contribution is -0.165. The summed E-state index contributed by atoms with van der Waals surface area (Å²) in [6, 6.07) is 0. The molecule has 4 bridgehead atoms. The van der Waals surface area contributed by atoms with E-state index in [1.807, 2.05) is 13.8 Å². The SMILES string of the molecule is CC(C)(C)CC(C)(C)NC(=O)COC(=O)C1C2CC3CC(C2)CC1C3. The molecule has 4 saturated carbocycles. The van der Waals surface area contributed by atoms with Crippen molar-refractivity contribution in [3.8, 4) is 0 Å². The zero-order chi connectivity index (χ0) is 18.4. The number of hydrogen-bond donors (Lipinski definition) is 1. The number of amides is 1. The molecule has 4 heteroatoms. The average molecular weight is 350 g/mol. The summed E-state index contributed by atoms with van der Waals surface area (Å²) in [5.74, 6) is 2.42. The van der Waals surface area contributed by atoms with E-state index in [0.29, 0.717) is 11.8 Å². The van der Waals surface area contributed by atoms with Gasteiger partial charge in [-0.2, -0.15) is 0 Å². The maximum atomic E-state index is 12.6. The molecule has 0 atom stereocenters. The van der Waals surface area contributed by atoms with Crippen molar-refractivity contribution >= 4 is 11.9 Å². The van der Waals surface area contributed by atoms with E-state index < -0.39 is 0 Å². The highest BCUT2D eigenvalue weighted by Crippen LogP contribution is 2.56. The van der Waals surface area contributed by atoms with Crippen LogP contribution in [-0.4, -0.2) is 24.0 Å². The number of carbonyl (C=O) groups is 2. The van der Waals surface area contributed by atoms with E-state index in [1.165, 1.54) is 32.1 Å². The minimum Gasteiger partial charge on any atom is -0.455 e. The molecule has 0 aliphatic heterocycles. The van der Waals surface area contributed by atoms with Crippen LogP contribution < -0.4 is 5.32 Å². The molecular weight excluding hydrogens is 314 g/mol. The summed E-state index contributed by atoms with van der Waals surface area (Å²) in [7, 11) is 0. The van der Waals surface area contributed by atoms with Crippen LogP contribution >= 0.6 is 0 Å². The van der Waals surface area contributed by atoms with Gasteiger partial charge in [0.1, 0.15) is 0 Å². The third kappa shape index (κ3) is 4.57. The standard InChI is InChI=1S/C21H35NO3/c1-20(2,3)12-21(4,5)22-17(23)11-25-19(24)18-15-7-13-6-14(9-15)10-16(18)8-13/h13-16,18H,6-12H2,1-5H3,(H,22,23). The summed E-state index contributed by atoms with van der Waals surface area (Å²) in [4.78, 5) is 24.9. The summed E-state index contributed by atoms with van der Waals surface area (Å²) < 4.78 is 5.45. The Morgan fingerprint density at radius 3 is 1.92 bits per heavy atom. The second-order valence-electron chi connectivity index (χ2n) is 10.7. The highest BCUT2D eigenvalue weighted by atomic mass is 16.5. The Labute approximate surface area is 152 Å². The lowest BCUT2D eigenvalue weighted by atomic mass is 9.52. The summed E-state index contributed by atoms with van der Waals surface area (Å²) in [6.45, 7) is 10.4. The molecule has 0 aromatic carbocycles. The van der Waals surface area contributed by atoms with Crippen LogP contribution in [0.2, 0.25) is 0 Å². The summed E-state index contributed by atoms with van der Waals surface area (Å²) >= 11 is 0. The van der Waals surface area contributed by atoms with Gasteiger partial charge in [0, 0.05) is 5.54 Å². The monoisotopic (exact) mass is 349 g/mol. The van der Waals surface area contributed by atoms with Crippen LogP contribution in [-0.2, 0) is 14.3 Å². The molecule has 0 radical (unpaired) electrons. The van der Waals surface area contributed by atoms with Gasteiger partial charge < -0.3 is 10.1 Å². The van der Waals surface area contributed by atoms with E-state index in [4.69, 9.17) is 4.74 Å². The smallest absolute Gasteiger partial charge is 0.310 e. The van der Waals surface area contributed by atoms with Gasteiger partial charge in [-0.15, -0.1) is 0 Å². The van der Waals surface area contributed by atoms with Gasteiger partial charge in [-0.25, -0.2) is 0 Å². The molecule has 0 heterocycles. The van der Waals surface area contributed by atoms with E-state index >= 15 is 0 Å². The molecule has 0 spiro atoms. The molecule has 4 aliphatic carbocycles. The molecule has 25 heavy (non-hydrogen) atoms. The second-order valence-corrected chi connectivity index (χ2v) is 10.7. The average Bonchev–Trinajstić information content (AvgIpc) is 2.40. The van der Waals surface area contributed by atoms with Crippen LogP contribution in [0, 0.1) is 35.0 Å². The molecule has 142 valence electrons. The molecule has 0 aromatic heterocycles. The van der Waals surface area contributed by atoms with Crippen molar-refractivity contribution in [2.24, 2.45) is 35.0 Å². The van der Waals surface area contributed by atoms with Gasteiger partial charge in [0.15, 0.2) is 6.61 Å². The number of rotatable bonds is 5. The summed E-state index contributed by atoms with van der Waals surface area (Å²) in [6.07, 6.45) is 7.01. The predicted molar refractivity (Wildman–Crippen MR) is 97.8 cm³/mol. The lowest BCUT2D eigenvalue weighted by Crippen LogP contribution is -2.50. The Hall–Kier alpha value is -1.06. The molecule has 1 amide bonds. The normalized spacial score (nSPS) is 34.0. The summed E-state index contributed by atoms with van der Waals surface area (Å²) in [5.41, 5.74) is -0.168. The van der Waals surface area contributed by atoms with Crippen molar-refractivity contribution in [1.82, 2.24) is 5.32 Å². The Kier molecular flexibility index (Phi) is 4.93. The Bertz CT molecular complexity index is 504. The van der Waals surface area contributed by atoms with Crippen LogP contribution in [0.5, 0.6) is 0 Å². The Morgan fingerprint density at radius 2 is 1.44 bits per heavy atom. The maximum Gasteiger partial charge on any atom is 0.310 e. The van der Waals surface area contributed by atoms with Crippen molar-refractivity contribution in [3.63, 3.8) is 0 Å². The lowest BCUT2D eigenvalue weighted by Gasteiger charge is -2.53. The quantitative estimate of drug-likeness (QED) is 0.765. The second kappa shape index (κ2) is 6.59. The number of carbonyl (C=O) groups excluding carboxylic acids is 2. The first-order valence-electron chi connectivity index (χ1n) is 10.00. The Morgan fingerprint density at radius 1 is 0.920 bits per heavy atom. The first kappa shape index (κ1) is 18.7. The van der Waals surface area contributed by atoms with Crippen molar-refractivity contribution in [1.29, 1.82) is 0 Å². The predicted octanol–water partition coefficient (Wildman–Crippen LogP) is 3.93. The first-order valence-corrected chi connectivity index (χ1v) is 10.00. The molecule has 4 aliphatic rings. The van der Waals surface area contributed by atoms with Gasteiger partial charge in [0.05, 0.1) is 5.92 Å². The van der Waals surface area contributed by atoms with Crippen molar-refractivity contribution in [2.45, 2.75) is 78.7 Å². The van der Waals surface area contributed by atoms with Crippen LogP contribution in [0.1, 0.15) is 73.1 Å². The van der Waals surface area contributed by atoms with Crippen molar-refractivity contribution in [2.75, 3.05) is 6.61 Å². The van der Waals surface area contributed by atoms with Gasteiger partial charge in [-0.05, 0) is 81.5 Å². The van der Waals surface area contributed by atoms with Gasteiger partial charge in [0.2, 0.25) is 0 Å². The highest BCUT2D eigenvalue weighted by molar-refractivity contribution is 5.82. The van der Waals surface area contributed by atoms with Gasteiger partial charge in [-0.3, -0.25) is 9.59 Å². The van der Waals surface area contributed by atoms with Crippen molar-refractivity contribution in [3.05, 3.63) is 0 Å². The van der Waals surface area contributed by atoms with E-state index in [9.17, 15) is 9.59 Å². The molecule has 4 fully saturated rings. The fourth-order valence-corrected chi connectivity index (χ4v) is 6.33.